The molecule has 164 valence electrons. The van der Waals surface area contributed by atoms with Crippen molar-refractivity contribution in [2.75, 3.05) is 13.1 Å². The maximum atomic E-state index is 13.2. The van der Waals surface area contributed by atoms with Gasteiger partial charge in [-0.3, -0.25) is 9.59 Å². The molecule has 1 N–H and O–H groups in total. The molecule has 6 heteroatoms. The first-order valence-corrected chi connectivity index (χ1v) is 10.6. The van der Waals surface area contributed by atoms with E-state index in [-0.39, 0.29) is 19.3 Å². The molecule has 1 aliphatic heterocycles. The number of benzene rings is 2. The minimum absolute atomic E-state index is 0. The Morgan fingerprint density at radius 1 is 1.10 bits per heavy atom. The van der Waals surface area contributed by atoms with E-state index in [9.17, 15) is 14.9 Å². The second-order valence-corrected chi connectivity index (χ2v) is 8.44. The minimum atomic E-state index is -0.628. The summed E-state index contributed by atoms with van der Waals surface area (Å²) in [6.07, 6.45) is 1.76. The van der Waals surface area contributed by atoms with Gasteiger partial charge in [0.15, 0.2) is 0 Å². The molecule has 2 amide bonds. The number of carbonyl (C=O) groups is 2. The fraction of sp³-hybridized carbons (Fsp3) is 0.400. The molecule has 1 atom stereocenters. The zero-order chi connectivity index (χ0) is 21.7. The van der Waals surface area contributed by atoms with Gasteiger partial charge in [-0.05, 0) is 54.5 Å². The average molecular weight is 440 g/mol. The summed E-state index contributed by atoms with van der Waals surface area (Å²) in [6.45, 7) is 5.14. The van der Waals surface area contributed by atoms with Crippen molar-refractivity contribution in [3.05, 3.63) is 70.2 Å². The third-order valence-electron chi connectivity index (χ3n) is 5.66. The lowest BCUT2D eigenvalue weighted by atomic mass is 9.89. The Kier molecular flexibility index (Phi) is 8.65. The van der Waals surface area contributed by atoms with Crippen LogP contribution in [0.3, 0.4) is 0 Å². The normalized spacial score (nSPS) is 15.0. The van der Waals surface area contributed by atoms with Gasteiger partial charge in [-0.1, -0.05) is 57.1 Å². The number of nitrogens with zero attached hydrogens (tertiary/aromatic N) is 2. The summed E-state index contributed by atoms with van der Waals surface area (Å²) in [5, 5.41) is 12.8. The SMILES string of the molecule is C.CC(C)[C@@H](NC(=O)c1ccccc1C#N)C(=O)N1CCC(c2ccc(Cl)cc2)CC1. The van der Waals surface area contributed by atoms with Gasteiger partial charge in [-0.25, -0.2) is 0 Å². The summed E-state index contributed by atoms with van der Waals surface area (Å²) in [5.74, 6) is -0.122. The number of piperidine rings is 1. The maximum absolute atomic E-state index is 13.2. The zero-order valence-electron chi connectivity index (χ0n) is 17.3. The van der Waals surface area contributed by atoms with Gasteiger partial charge in [-0.15, -0.1) is 0 Å². The van der Waals surface area contributed by atoms with Crippen LogP contribution in [0.15, 0.2) is 48.5 Å². The fourth-order valence-corrected chi connectivity index (χ4v) is 4.00. The van der Waals surface area contributed by atoms with Crippen molar-refractivity contribution in [2.45, 2.75) is 46.1 Å². The van der Waals surface area contributed by atoms with Gasteiger partial charge >= 0.3 is 0 Å². The van der Waals surface area contributed by atoms with Gasteiger partial charge in [0.05, 0.1) is 17.2 Å². The summed E-state index contributed by atoms with van der Waals surface area (Å²) in [4.78, 5) is 27.8. The van der Waals surface area contributed by atoms with Crippen LogP contribution < -0.4 is 5.32 Å². The summed E-state index contributed by atoms with van der Waals surface area (Å²) >= 11 is 5.98. The summed E-state index contributed by atoms with van der Waals surface area (Å²) in [5.41, 5.74) is 1.84. The number of hydrogen-bond donors (Lipinski definition) is 1. The number of rotatable bonds is 5. The van der Waals surface area contributed by atoms with Gasteiger partial charge in [0.2, 0.25) is 5.91 Å². The fourth-order valence-electron chi connectivity index (χ4n) is 3.88. The molecular weight excluding hydrogens is 410 g/mol. The summed E-state index contributed by atoms with van der Waals surface area (Å²) < 4.78 is 0. The van der Waals surface area contributed by atoms with Gasteiger partial charge in [0, 0.05) is 18.1 Å². The first-order valence-electron chi connectivity index (χ1n) is 10.2. The van der Waals surface area contributed by atoms with E-state index in [4.69, 9.17) is 11.6 Å². The highest BCUT2D eigenvalue weighted by Gasteiger charge is 2.32. The Balaban J connectivity index is 0.00000341. The summed E-state index contributed by atoms with van der Waals surface area (Å²) in [6, 6.07) is 15.9. The Labute approximate surface area is 190 Å². The van der Waals surface area contributed by atoms with Crippen molar-refractivity contribution in [1.82, 2.24) is 10.2 Å². The molecule has 0 saturated carbocycles. The first-order chi connectivity index (χ1) is 14.4. The molecule has 31 heavy (non-hydrogen) atoms. The highest BCUT2D eigenvalue weighted by molar-refractivity contribution is 6.30. The van der Waals surface area contributed by atoms with Gasteiger partial charge < -0.3 is 10.2 Å². The van der Waals surface area contributed by atoms with Gasteiger partial charge in [-0.2, -0.15) is 5.26 Å². The van der Waals surface area contributed by atoms with Crippen molar-refractivity contribution in [2.24, 2.45) is 5.92 Å². The van der Waals surface area contributed by atoms with Crippen LogP contribution >= 0.6 is 11.6 Å². The van der Waals surface area contributed by atoms with Gasteiger partial charge in [0.1, 0.15) is 6.04 Å². The van der Waals surface area contributed by atoms with Crippen LogP contribution in [0.2, 0.25) is 5.02 Å². The second-order valence-electron chi connectivity index (χ2n) is 8.00. The quantitative estimate of drug-likeness (QED) is 0.711. The number of halogens is 1. The number of carbonyl (C=O) groups excluding carboxylic acids is 2. The van der Waals surface area contributed by atoms with E-state index < -0.39 is 11.9 Å². The van der Waals surface area contributed by atoms with Crippen LogP contribution in [-0.4, -0.2) is 35.8 Å². The van der Waals surface area contributed by atoms with E-state index in [2.05, 4.69) is 5.32 Å². The van der Waals surface area contributed by atoms with E-state index in [1.165, 1.54) is 5.56 Å². The molecule has 0 spiro atoms. The molecule has 2 aromatic rings. The number of nitriles is 1. The predicted octanol–water partition coefficient (Wildman–Crippen LogP) is 5.01. The van der Waals surface area contributed by atoms with Crippen molar-refractivity contribution in [3.63, 3.8) is 0 Å². The smallest absolute Gasteiger partial charge is 0.253 e. The standard InChI is InChI=1S/C24H26ClN3O2.CH4/c1-16(2)22(27-23(29)21-6-4-3-5-19(21)15-26)24(30)28-13-11-18(12-14-28)17-7-9-20(25)10-8-17;/h3-10,16,18,22H,11-14H2,1-2H3,(H,27,29);1H4/t22-;/m1./s1. The Hall–Kier alpha value is -2.84. The summed E-state index contributed by atoms with van der Waals surface area (Å²) in [7, 11) is 0. The largest absolute Gasteiger partial charge is 0.341 e. The second kappa shape index (κ2) is 11.0. The van der Waals surface area contributed by atoms with Gasteiger partial charge in [0.25, 0.3) is 5.91 Å². The van der Waals surface area contributed by atoms with E-state index in [1.807, 2.05) is 49.1 Å². The zero-order valence-corrected chi connectivity index (χ0v) is 18.0. The van der Waals surface area contributed by atoms with E-state index in [0.29, 0.717) is 30.1 Å². The van der Waals surface area contributed by atoms with Crippen molar-refractivity contribution >= 4 is 23.4 Å². The lowest BCUT2D eigenvalue weighted by molar-refractivity contribution is -0.135. The highest BCUT2D eigenvalue weighted by atomic mass is 35.5. The van der Waals surface area contributed by atoms with Crippen molar-refractivity contribution in [3.8, 4) is 6.07 Å². The highest BCUT2D eigenvalue weighted by Crippen LogP contribution is 2.29. The van der Waals surface area contributed by atoms with Crippen LogP contribution in [0.1, 0.15) is 61.5 Å². The molecule has 0 aliphatic carbocycles. The molecule has 0 aromatic heterocycles. The van der Waals surface area contributed by atoms with Crippen molar-refractivity contribution < 1.29 is 9.59 Å². The van der Waals surface area contributed by atoms with E-state index in [1.54, 1.807) is 24.3 Å². The van der Waals surface area contributed by atoms with Crippen LogP contribution in [-0.2, 0) is 4.79 Å². The lowest BCUT2D eigenvalue weighted by Crippen LogP contribution is -2.52. The molecule has 1 heterocycles. The van der Waals surface area contributed by atoms with Crippen LogP contribution in [0.5, 0.6) is 0 Å². The minimum Gasteiger partial charge on any atom is -0.341 e. The number of amides is 2. The van der Waals surface area contributed by atoms with Crippen molar-refractivity contribution in [1.29, 1.82) is 5.26 Å². The molecule has 1 aliphatic rings. The number of hydrogen-bond acceptors (Lipinski definition) is 3. The Morgan fingerprint density at radius 3 is 2.29 bits per heavy atom. The average Bonchev–Trinajstić information content (AvgIpc) is 2.77. The molecule has 0 bridgehead atoms. The van der Waals surface area contributed by atoms with E-state index >= 15 is 0 Å². The molecule has 1 fully saturated rings. The molecule has 3 rings (SSSR count). The first kappa shape index (κ1) is 24.4. The lowest BCUT2D eigenvalue weighted by Gasteiger charge is -2.35. The monoisotopic (exact) mass is 439 g/mol. The van der Waals surface area contributed by atoms with Crippen LogP contribution in [0, 0.1) is 17.2 Å². The Bertz CT molecular complexity index is 942. The maximum Gasteiger partial charge on any atom is 0.253 e. The molecule has 5 nitrogen and oxygen atoms in total. The predicted molar refractivity (Wildman–Crippen MR) is 124 cm³/mol. The molecule has 1 saturated heterocycles. The van der Waals surface area contributed by atoms with Crippen LogP contribution in [0.4, 0.5) is 0 Å². The number of nitrogens with one attached hydrogen (secondary N) is 1. The molecule has 0 radical (unpaired) electrons. The third-order valence-corrected chi connectivity index (χ3v) is 5.91. The number of likely N-dealkylation sites (tertiary alicyclic amines) is 1. The third kappa shape index (κ3) is 5.86. The molecule has 0 unspecified atom stereocenters. The molecule has 2 aromatic carbocycles. The van der Waals surface area contributed by atoms with E-state index in [0.717, 1.165) is 17.9 Å². The van der Waals surface area contributed by atoms with Crippen LogP contribution in [0.25, 0.3) is 0 Å². The Morgan fingerprint density at radius 2 is 1.71 bits per heavy atom. The topological polar surface area (TPSA) is 73.2 Å². The molecular formula is C25H30ClN3O2.